The Kier molecular flexibility index (Phi) is 7.50. The molecule has 0 spiro atoms. The quantitative estimate of drug-likeness (QED) is 0.199. The molecule has 15 heteroatoms. The summed E-state index contributed by atoms with van der Waals surface area (Å²) in [4.78, 5) is 77.1. The highest BCUT2D eigenvalue weighted by Gasteiger charge is 2.54. The van der Waals surface area contributed by atoms with Gasteiger partial charge in [-0.2, -0.15) is 0 Å². The number of carboxylic acid groups (broad SMARTS) is 1. The van der Waals surface area contributed by atoms with Gasteiger partial charge in [0, 0.05) is 23.6 Å². The second kappa shape index (κ2) is 10.0. The molecular weight excluding hydrogens is 504 g/mol. The van der Waals surface area contributed by atoms with Gasteiger partial charge in [-0.3, -0.25) is 29.4 Å². The predicted molar refractivity (Wildman–Crippen MR) is 123 cm³/mol. The maximum Gasteiger partial charge on any atom is 0.413 e. The molecule has 3 amide bonds. The average Bonchev–Trinajstić information content (AvgIpc) is 3.20. The first-order valence-corrected chi connectivity index (χ1v) is 12.1. The number of carboxylic acids is 1. The molecule has 1 aromatic rings. The molecule has 0 radical (unpaired) electrons. The minimum atomic E-state index is -1.38. The number of nitrogens with zero attached hydrogens (tertiary/aromatic N) is 2. The van der Waals surface area contributed by atoms with Crippen LogP contribution >= 0.6 is 23.1 Å². The van der Waals surface area contributed by atoms with Gasteiger partial charge in [0.1, 0.15) is 35.0 Å². The minimum absolute atomic E-state index is 0.0423. The molecule has 1 saturated heterocycles. The Bertz CT molecular complexity index is 1140. The molecule has 188 valence electrons. The monoisotopic (exact) mass is 526 g/mol. The van der Waals surface area contributed by atoms with Crippen LogP contribution in [-0.4, -0.2) is 80.0 Å². The summed E-state index contributed by atoms with van der Waals surface area (Å²) in [5.41, 5.74) is -1.05. The lowest BCUT2D eigenvalue weighted by molar-refractivity contribution is -0.150. The lowest BCUT2D eigenvalue weighted by atomic mass is 10.0. The van der Waals surface area contributed by atoms with Crippen LogP contribution in [0.25, 0.3) is 0 Å². The van der Waals surface area contributed by atoms with Crippen LogP contribution in [0.2, 0.25) is 0 Å². The van der Waals surface area contributed by atoms with E-state index in [2.05, 4.69) is 15.6 Å². The summed E-state index contributed by atoms with van der Waals surface area (Å²) < 4.78 is 9.95. The summed E-state index contributed by atoms with van der Waals surface area (Å²) in [7, 11) is 0. The maximum atomic E-state index is 12.6. The van der Waals surface area contributed by atoms with Crippen LogP contribution in [0, 0.1) is 0 Å². The molecule has 3 N–H and O–H groups in total. The predicted octanol–water partition coefficient (Wildman–Crippen LogP) is 0.974. The molecule has 2 atom stereocenters. The zero-order chi connectivity index (χ0) is 26.1. The molecule has 0 bridgehead atoms. The highest BCUT2D eigenvalue weighted by molar-refractivity contribution is 8.00. The molecule has 0 saturated carbocycles. The fourth-order valence-electron chi connectivity index (χ4n) is 3.13. The van der Waals surface area contributed by atoms with E-state index in [1.54, 1.807) is 20.8 Å². The van der Waals surface area contributed by atoms with Crippen molar-refractivity contribution in [2.24, 2.45) is 0 Å². The first-order chi connectivity index (χ1) is 16.3. The molecule has 1 fully saturated rings. The zero-order valence-electron chi connectivity index (χ0n) is 19.1. The third-order valence-electron chi connectivity index (χ3n) is 4.54. The van der Waals surface area contributed by atoms with Gasteiger partial charge in [-0.15, -0.1) is 23.1 Å². The van der Waals surface area contributed by atoms with Crippen LogP contribution in [0.5, 0.6) is 0 Å². The largest absolute Gasteiger partial charge is 0.477 e. The molecule has 0 aliphatic carbocycles. The number of aliphatic carboxylic acids is 1. The van der Waals surface area contributed by atoms with Gasteiger partial charge in [-0.05, 0) is 20.8 Å². The lowest BCUT2D eigenvalue weighted by Crippen LogP contribution is -2.71. The number of hydrogen-bond donors (Lipinski definition) is 3. The summed E-state index contributed by atoms with van der Waals surface area (Å²) in [6.07, 6.45) is -0.778. The van der Waals surface area contributed by atoms with Crippen LogP contribution in [0.1, 0.15) is 38.2 Å². The minimum Gasteiger partial charge on any atom is -0.477 e. The number of carbonyl (C=O) groups is 6. The highest BCUT2D eigenvalue weighted by Crippen LogP contribution is 2.40. The number of hydrogen-bond acceptors (Lipinski definition) is 11. The standard InChI is InChI=1S/C20H22N4O9S2/c1-8(25)32-5-9-6-34-16-11(15(28)24(16)12(9)17(29)30)22-14(27)13(26)10-7-35-18(21-10)23-19(31)33-20(2,3)4/h7,11,16H,5-6H2,1-4H3,(H,22,27)(H,29,30)(H,21,23,31). The van der Waals surface area contributed by atoms with Gasteiger partial charge in [0.2, 0.25) is 0 Å². The highest BCUT2D eigenvalue weighted by atomic mass is 32.2. The Hall–Kier alpha value is -3.46. The normalized spacial score (nSPS) is 19.3. The van der Waals surface area contributed by atoms with E-state index < -0.39 is 52.6 Å². The van der Waals surface area contributed by atoms with E-state index in [1.807, 2.05) is 0 Å². The number of nitrogens with one attached hydrogen (secondary N) is 2. The second-order valence-corrected chi connectivity index (χ2v) is 10.4. The molecule has 35 heavy (non-hydrogen) atoms. The van der Waals surface area contributed by atoms with E-state index in [0.717, 1.165) is 28.0 Å². The number of thiazole rings is 1. The van der Waals surface area contributed by atoms with Crippen LogP contribution in [0.15, 0.2) is 16.7 Å². The number of β-lactam (4-membered cyclic amide) rings is 1. The molecule has 2 aliphatic rings. The van der Waals surface area contributed by atoms with Gasteiger partial charge < -0.3 is 19.9 Å². The Morgan fingerprint density at radius 1 is 1.26 bits per heavy atom. The van der Waals surface area contributed by atoms with Crippen molar-refractivity contribution in [3.05, 3.63) is 22.3 Å². The van der Waals surface area contributed by atoms with Gasteiger partial charge in [0.25, 0.3) is 17.6 Å². The number of rotatable bonds is 7. The van der Waals surface area contributed by atoms with E-state index in [9.17, 15) is 33.9 Å². The summed E-state index contributed by atoms with van der Waals surface area (Å²) in [6.45, 7) is 5.93. The number of amides is 3. The smallest absolute Gasteiger partial charge is 0.413 e. The molecule has 3 heterocycles. The SMILES string of the molecule is CC(=O)OCC1=C(C(=O)O)N2C(=O)C(NC(=O)C(=O)c3csc(NC(=O)OC(C)(C)C)n3)C2SC1. The Morgan fingerprint density at radius 3 is 2.54 bits per heavy atom. The molecule has 2 aliphatic heterocycles. The van der Waals surface area contributed by atoms with Crippen molar-refractivity contribution in [2.45, 2.75) is 44.7 Å². The van der Waals surface area contributed by atoms with Gasteiger partial charge >= 0.3 is 18.0 Å². The summed E-state index contributed by atoms with van der Waals surface area (Å²) in [6, 6.07) is -1.13. The number of thioether (sulfide) groups is 1. The zero-order valence-corrected chi connectivity index (χ0v) is 20.7. The molecule has 1 aromatic heterocycles. The van der Waals surface area contributed by atoms with Crippen LogP contribution in [0.4, 0.5) is 9.93 Å². The topological polar surface area (TPSA) is 181 Å². The van der Waals surface area contributed by atoms with E-state index in [-0.39, 0.29) is 34.5 Å². The average molecular weight is 527 g/mol. The second-order valence-electron chi connectivity index (χ2n) is 8.39. The van der Waals surface area contributed by atoms with Gasteiger partial charge in [-0.25, -0.2) is 14.6 Å². The number of ether oxygens (including phenoxy) is 2. The lowest BCUT2D eigenvalue weighted by Gasteiger charge is -2.49. The van der Waals surface area contributed by atoms with Crippen LogP contribution < -0.4 is 10.6 Å². The van der Waals surface area contributed by atoms with Gasteiger partial charge in [0.05, 0.1) is 0 Å². The Balaban J connectivity index is 1.64. The van der Waals surface area contributed by atoms with E-state index >= 15 is 0 Å². The van der Waals surface area contributed by atoms with Gasteiger partial charge in [-0.1, -0.05) is 0 Å². The van der Waals surface area contributed by atoms with E-state index in [4.69, 9.17) is 9.47 Å². The Labute approximate surface area is 207 Å². The number of Topliss-reactive ketones (excluding diaryl/α,β-unsaturated/α-hetero) is 1. The molecular formula is C20H22N4O9S2. The fraction of sp³-hybridized carbons (Fsp3) is 0.450. The first-order valence-electron chi connectivity index (χ1n) is 10.1. The number of fused-ring (bicyclic) bond motifs is 1. The van der Waals surface area contributed by atoms with Crippen molar-refractivity contribution in [1.82, 2.24) is 15.2 Å². The van der Waals surface area contributed by atoms with Crippen molar-refractivity contribution < 1.29 is 43.3 Å². The summed E-state index contributed by atoms with van der Waals surface area (Å²) >= 11 is 2.07. The molecule has 0 aromatic carbocycles. The molecule has 2 unspecified atom stereocenters. The van der Waals surface area contributed by atoms with Crippen molar-refractivity contribution in [3.8, 4) is 0 Å². The number of esters is 1. The first kappa shape index (κ1) is 26.2. The molecule has 3 rings (SSSR count). The number of ketones is 1. The number of carbonyl (C=O) groups excluding carboxylic acids is 5. The van der Waals surface area contributed by atoms with Gasteiger partial charge in [0.15, 0.2) is 5.13 Å². The van der Waals surface area contributed by atoms with Crippen molar-refractivity contribution >= 4 is 63.9 Å². The third kappa shape index (κ3) is 5.97. The fourth-order valence-corrected chi connectivity index (χ4v) is 5.14. The third-order valence-corrected chi connectivity index (χ3v) is 6.63. The van der Waals surface area contributed by atoms with E-state index in [0.29, 0.717) is 0 Å². The van der Waals surface area contributed by atoms with Crippen molar-refractivity contribution in [3.63, 3.8) is 0 Å². The number of aromatic nitrogens is 1. The maximum absolute atomic E-state index is 12.6. The van der Waals surface area contributed by atoms with Crippen LogP contribution in [-0.2, 0) is 28.7 Å². The summed E-state index contributed by atoms with van der Waals surface area (Å²) in [5, 5.41) is 14.8. The van der Waals surface area contributed by atoms with Crippen molar-refractivity contribution in [1.29, 1.82) is 0 Å². The van der Waals surface area contributed by atoms with E-state index in [1.165, 1.54) is 12.3 Å². The van der Waals surface area contributed by atoms with Crippen molar-refractivity contribution in [2.75, 3.05) is 17.7 Å². The molecule has 13 nitrogen and oxygen atoms in total. The summed E-state index contributed by atoms with van der Waals surface area (Å²) in [5.74, 6) is -4.68. The van der Waals surface area contributed by atoms with Crippen LogP contribution in [0.3, 0.4) is 0 Å². The number of anilines is 1. The Morgan fingerprint density at radius 2 is 1.94 bits per heavy atom.